The number of hydrogen-bond acceptors (Lipinski definition) is 3. The molecule has 13 heavy (non-hydrogen) atoms. The van der Waals surface area contributed by atoms with Crippen LogP contribution in [-0.4, -0.2) is 16.1 Å². The van der Waals surface area contributed by atoms with Crippen LogP contribution in [0.3, 0.4) is 0 Å². The first-order valence-electron chi connectivity index (χ1n) is 3.31. The van der Waals surface area contributed by atoms with E-state index in [9.17, 15) is 10.1 Å². The summed E-state index contributed by atoms with van der Waals surface area (Å²) in [6.45, 7) is 0. The summed E-state index contributed by atoms with van der Waals surface area (Å²) in [4.78, 5) is 12.4. The van der Waals surface area contributed by atoms with Crippen LogP contribution in [0.4, 0.5) is 5.69 Å². The Morgan fingerprint density at radius 3 is 2.85 bits per heavy atom. The van der Waals surface area contributed by atoms with Gasteiger partial charge in [-0.3, -0.25) is 10.1 Å². The fourth-order valence-electron chi connectivity index (χ4n) is 0.788. The minimum Gasteiger partial charge on any atom is -0.391 e. The lowest BCUT2D eigenvalue weighted by Crippen LogP contribution is -1.95. The molecule has 0 aliphatic carbocycles. The van der Waals surface area contributed by atoms with E-state index in [-0.39, 0.29) is 11.4 Å². The van der Waals surface area contributed by atoms with Crippen molar-refractivity contribution >= 4 is 12.1 Å². The van der Waals surface area contributed by atoms with E-state index in [4.69, 9.17) is 5.53 Å². The monoisotopic (exact) mass is 179 g/mol. The van der Waals surface area contributed by atoms with Gasteiger partial charge in [-0.05, 0) is 6.07 Å². The molecule has 0 saturated carbocycles. The highest BCUT2D eigenvalue weighted by atomic mass is 16.6. The molecule has 0 amide bonds. The van der Waals surface area contributed by atoms with Crippen LogP contribution in [0.2, 0.25) is 0 Å². The Morgan fingerprint density at radius 2 is 2.23 bits per heavy atom. The van der Waals surface area contributed by atoms with Crippen molar-refractivity contribution < 1.29 is 14.5 Å². The number of para-hydroxylation sites is 2. The smallest absolute Gasteiger partial charge is 0.391 e. The second kappa shape index (κ2) is 3.99. The molecule has 0 atom stereocenters. The Morgan fingerprint density at radius 1 is 1.54 bits per heavy atom. The van der Waals surface area contributed by atoms with Crippen LogP contribution in [0, 0.1) is 10.1 Å². The highest BCUT2D eigenvalue weighted by molar-refractivity contribution is 5.54. The van der Waals surface area contributed by atoms with Crippen molar-refractivity contribution in [3.8, 4) is 5.75 Å². The second-order valence-corrected chi connectivity index (χ2v) is 2.06. The standard InChI is InChI=1S/C7H5N3O3/c8-9-5-13-7-4-2-1-3-6(7)10(11)12/h1-5H. The van der Waals surface area contributed by atoms with Gasteiger partial charge < -0.3 is 10.3 Å². The molecule has 0 saturated heterocycles. The molecule has 0 spiro atoms. The Bertz CT molecular complexity index is 371. The lowest BCUT2D eigenvalue weighted by Gasteiger charge is -1.95. The van der Waals surface area contributed by atoms with Gasteiger partial charge in [-0.15, -0.1) is 4.79 Å². The molecule has 0 N–H and O–H groups in total. The van der Waals surface area contributed by atoms with Crippen LogP contribution in [0.25, 0.3) is 5.53 Å². The third-order valence-corrected chi connectivity index (χ3v) is 1.29. The Labute approximate surface area is 73.1 Å². The van der Waals surface area contributed by atoms with Gasteiger partial charge in [-0.2, -0.15) is 0 Å². The van der Waals surface area contributed by atoms with Gasteiger partial charge in [0.1, 0.15) is 0 Å². The van der Waals surface area contributed by atoms with E-state index >= 15 is 0 Å². The van der Waals surface area contributed by atoms with Crippen molar-refractivity contribution in [3.63, 3.8) is 0 Å². The number of nitro groups is 1. The molecule has 1 rings (SSSR count). The lowest BCUT2D eigenvalue weighted by molar-refractivity contribution is -0.385. The summed E-state index contributed by atoms with van der Waals surface area (Å²) in [6, 6.07) is 5.79. The van der Waals surface area contributed by atoms with Crippen molar-refractivity contribution in [3.05, 3.63) is 39.9 Å². The fourth-order valence-corrected chi connectivity index (χ4v) is 0.788. The normalized spacial score (nSPS) is 8.62. The van der Waals surface area contributed by atoms with E-state index in [1.54, 1.807) is 6.07 Å². The highest BCUT2D eigenvalue weighted by Gasteiger charge is 2.13. The maximum Gasteiger partial charge on any atom is 0.444 e. The zero-order valence-electron chi connectivity index (χ0n) is 6.45. The van der Waals surface area contributed by atoms with E-state index < -0.39 is 4.92 Å². The van der Waals surface area contributed by atoms with Gasteiger partial charge >= 0.3 is 12.1 Å². The quantitative estimate of drug-likeness (QED) is 0.174. The number of ether oxygens (including phenoxy) is 1. The van der Waals surface area contributed by atoms with Gasteiger partial charge in [0.05, 0.1) is 4.92 Å². The van der Waals surface area contributed by atoms with Crippen LogP contribution in [0.15, 0.2) is 24.3 Å². The van der Waals surface area contributed by atoms with E-state index in [1.807, 2.05) is 0 Å². The lowest BCUT2D eigenvalue weighted by atomic mass is 10.3. The molecule has 1 aromatic rings. The van der Waals surface area contributed by atoms with Crippen LogP contribution < -0.4 is 4.74 Å². The molecule has 6 nitrogen and oxygen atoms in total. The average Bonchev–Trinajstić information content (AvgIpc) is 2.15. The first kappa shape index (κ1) is 8.89. The maximum absolute atomic E-state index is 10.4. The SMILES string of the molecule is [N-]=[N+]=COc1ccccc1[N+](=O)[O-]. The maximum atomic E-state index is 10.4. The molecule has 66 valence electrons. The Hall–Kier alpha value is -2.20. The van der Waals surface area contributed by atoms with Gasteiger partial charge in [0.15, 0.2) is 0 Å². The molecule has 0 aromatic heterocycles. The van der Waals surface area contributed by atoms with Gasteiger partial charge in [0.25, 0.3) is 0 Å². The molecule has 0 heterocycles. The second-order valence-electron chi connectivity index (χ2n) is 2.06. The molecular formula is C7H5N3O3. The predicted molar refractivity (Wildman–Crippen MR) is 43.4 cm³/mol. The van der Waals surface area contributed by atoms with E-state index in [0.717, 1.165) is 0 Å². The molecule has 6 heteroatoms. The molecule has 1 aromatic carbocycles. The van der Waals surface area contributed by atoms with Crippen molar-refractivity contribution in [1.82, 2.24) is 0 Å². The van der Waals surface area contributed by atoms with Crippen LogP contribution in [0.5, 0.6) is 5.75 Å². The number of nitrogens with zero attached hydrogens (tertiary/aromatic N) is 3. The van der Waals surface area contributed by atoms with Gasteiger partial charge in [0, 0.05) is 6.07 Å². The van der Waals surface area contributed by atoms with Crippen molar-refractivity contribution in [2.75, 3.05) is 0 Å². The number of rotatable bonds is 3. The Kier molecular flexibility index (Phi) is 2.73. The van der Waals surface area contributed by atoms with Crippen molar-refractivity contribution in [1.29, 1.82) is 0 Å². The molecule has 0 bridgehead atoms. The summed E-state index contributed by atoms with van der Waals surface area (Å²) in [7, 11) is 0. The molecule has 0 unspecified atom stereocenters. The minimum atomic E-state index is -0.583. The average molecular weight is 179 g/mol. The molecule has 0 aliphatic rings. The summed E-state index contributed by atoms with van der Waals surface area (Å²) < 4.78 is 4.66. The molecular weight excluding hydrogens is 174 g/mol. The molecule has 0 fully saturated rings. The summed E-state index contributed by atoms with van der Waals surface area (Å²) >= 11 is 0. The molecule has 0 aliphatic heterocycles. The van der Waals surface area contributed by atoms with Gasteiger partial charge in [-0.25, -0.2) is 0 Å². The predicted octanol–water partition coefficient (Wildman–Crippen LogP) is 1.23. The number of benzene rings is 1. The highest BCUT2D eigenvalue weighted by Crippen LogP contribution is 2.24. The minimum absolute atomic E-state index is 0.0327. The first-order chi connectivity index (χ1) is 6.25. The van der Waals surface area contributed by atoms with E-state index in [2.05, 4.69) is 9.53 Å². The summed E-state index contributed by atoms with van der Waals surface area (Å²) in [5.41, 5.74) is 7.85. The molecule has 0 radical (unpaired) electrons. The number of nitro benzene ring substituents is 1. The van der Waals surface area contributed by atoms with E-state index in [0.29, 0.717) is 6.40 Å². The Balaban J connectivity index is 3.04. The summed E-state index contributed by atoms with van der Waals surface area (Å²) in [6.07, 6.45) is 0.711. The zero-order chi connectivity index (χ0) is 9.68. The van der Waals surface area contributed by atoms with Crippen molar-refractivity contribution in [2.45, 2.75) is 0 Å². The van der Waals surface area contributed by atoms with Gasteiger partial charge in [0.2, 0.25) is 5.75 Å². The third kappa shape index (κ3) is 2.11. The third-order valence-electron chi connectivity index (χ3n) is 1.29. The summed E-state index contributed by atoms with van der Waals surface area (Å²) in [5.74, 6) is 0.0327. The van der Waals surface area contributed by atoms with Crippen LogP contribution in [0.1, 0.15) is 0 Å². The first-order valence-corrected chi connectivity index (χ1v) is 3.31. The fraction of sp³-hybridized carbons (Fsp3) is 0. The summed E-state index contributed by atoms with van der Waals surface area (Å²) in [5, 5.41) is 10.4. The van der Waals surface area contributed by atoms with E-state index in [1.165, 1.54) is 18.2 Å². The van der Waals surface area contributed by atoms with Crippen LogP contribution >= 0.6 is 0 Å². The number of hydrogen-bond donors (Lipinski definition) is 0. The topological polar surface area (TPSA) is 88.8 Å². The van der Waals surface area contributed by atoms with Crippen molar-refractivity contribution in [2.24, 2.45) is 0 Å². The zero-order valence-corrected chi connectivity index (χ0v) is 6.45. The van der Waals surface area contributed by atoms with Gasteiger partial charge in [-0.1, -0.05) is 12.1 Å². The largest absolute Gasteiger partial charge is 0.444 e. The van der Waals surface area contributed by atoms with Crippen LogP contribution in [-0.2, 0) is 0 Å².